The number of carbonyl (C=O) groups excluding carboxylic acids is 2. The predicted octanol–water partition coefficient (Wildman–Crippen LogP) is -0.556. The minimum absolute atomic E-state index is 0.0352. The van der Waals surface area contributed by atoms with Gasteiger partial charge >= 0.3 is 11.9 Å². The van der Waals surface area contributed by atoms with Crippen molar-refractivity contribution in [3.05, 3.63) is 41.6 Å². The van der Waals surface area contributed by atoms with Gasteiger partial charge in [0.05, 0.1) is 11.8 Å². The fourth-order valence-electron chi connectivity index (χ4n) is 3.77. The van der Waals surface area contributed by atoms with Gasteiger partial charge in [-0.25, -0.2) is 4.79 Å². The molecule has 0 bridgehead atoms. The Kier molecular flexibility index (Phi) is 7.51. The summed E-state index contributed by atoms with van der Waals surface area (Å²) in [4.78, 5) is 44.6. The van der Waals surface area contributed by atoms with Crippen molar-refractivity contribution in [3.8, 4) is 5.75 Å². The number of carboxylic acid groups (broad SMARTS) is 3. The molecule has 34 heavy (non-hydrogen) atoms. The Hall–Kier alpha value is -4.35. The maximum Gasteiger partial charge on any atom is 0.326 e. The maximum atomic E-state index is 11.8. The molecule has 0 saturated heterocycles. The molecule has 180 valence electrons. The van der Waals surface area contributed by atoms with Crippen molar-refractivity contribution in [2.24, 2.45) is 0 Å². The molecule has 5 N–H and O–H groups in total. The molecule has 12 heteroatoms. The second-order valence-electron chi connectivity index (χ2n) is 7.73. The van der Waals surface area contributed by atoms with E-state index in [9.17, 15) is 34.5 Å². The third-order valence-electron chi connectivity index (χ3n) is 5.44. The minimum Gasteiger partial charge on any atom is -0.543 e. The molecule has 1 aromatic rings. The normalized spacial score (nSPS) is 22.0. The Bertz CT molecular complexity index is 1090. The zero-order valence-electron chi connectivity index (χ0n) is 17.8. The molecule has 1 aromatic carbocycles. The molecular formula is C22H23N3O9. The van der Waals surface area contributed by atoms with Gasteiger partial charge in [0.15, 0.2) is 12.4 Å². The molecule has 0 saturated carbocycles. The second-order valence-corrected chi connectivity index (χ2v) is 7.73. The number of aliphatic carboxylic acids is 3. The number of hydrogen-bond acceptors (Lipinski definition) is 9. The number of phenolic OH excluding ortho intramolecular Hbond substituents is 1. The van der Waals surface area contributed by atoms with E-state index in [0.29, 0.717) is 24.1 Å². The van der Waals surface area contributed by atoms with Gasteiger partial charge in [0.2, 0.25) is 11.7 Å². The second kappa shape index (κ2) is 10.5. The molecule has 0 radical (unpaired) electrons. The molecule has 12 nitrogen and oxygen atoms in total. The quantitative estimate of drug-likeness (QED) is 0.166. The summed E-state index contributed by atoms with van der Waals surface area (Å²) in [6, 6.07) is 0.411. The summed E-state index contributed by atoms with van der Waals surface area (Å²) in [5.74, 6) is -4.11. The molecule has 0 spiro atoms. The van der Waals surface area contributed by atoms with Crippen LogP contribution in [0.5, 0.6) is 5.75 Å². The van der Waals surface area contributed by atoms with Gasteiger partial charge in [0.25, 0.3) is 6.47 Å². The van der Waals surface area contributed by atoms with Crippen LogP contribution in [-0.2, 0) is 30.3 Å². The first-order valence-corrected chi connectivity index (χ1v) is 10.3. The smallest absolute Gasteiger partial charge is 0.326 e. The highest BCUT2D eigenvalue weighted by Crippen LogP contribution is 2.38. The van der Waals surface area contributed by atoms with E-state index >= 15 is 0 Å². The summed E-state index contributed by atoms with van der Waals surface area (Å²) in [6.07, 6.45) is 5.74. The number of nitrogens with one attached hydrogen (secondary N) is 2. The molecule has 0 amide bonds. The van der Waals surface area contributed by atoms with Crippen molar-refractivity contribution in [1.82, 2.24) is 5.32 Å². The summed E-state index contributed by atoms with van der Waals surface area (Å²) in [5, 5.41) is 45.9. The van der Waals surface area contributed by atoms with E-state index in [1.807, 2.05) is 0 Å². The highest BCUT2D eigenvalue weighted by atomic mass is 16.5. The molecule has 1 unspecified atom stereocenters. The Morgan fingerprint density at radius 2 is 2.06 bits per heavy atom. The minimum atomic E-state index is -1.34. The lowest BCUT2D eigenvalue weighted by Crippen LogP contribution is -2.40. The van der Waals surface area contributed by atoms with E-state index in [1.165, 1.54) is 22.9 Å². The monoisotopic (exact) mass is 473 g/mol. The zero-order valence-corrected chi connectivity index (χ0v) is 17.8. The van der Waals surface area contributed by atoms with Gasteiger partial charge in [-0.2, -0.15) is 4.58 Å². The van der Waals surface area contributed by atoms with Crippen molar-refractivity contribution >= 4 is 42.0 Å². The summed E-state index contributed by atoms with van der Waals surface area (Å²) in [6.45, 7) is 0.325. The van der Waals surface area contributed by atoms with Crippen LogP contribution in [0, 0.1) is 0 Å². The van der Waals surface area contributed by atoms with Crippen LogP contribution in [0.1, 0.15) is 24.8 Å². The van der Waals surface area contributed by atoms with Gasteiger partial charge in [0.1, 0.15) is 17.8 Å². The molecular weight excluding hydrogens is 450 g/mol. The maximum absolute atomic E-state index is 11.8. The van der Waals surface area contributed by atoms with Gasteiger partial charge in [-0.1, -0.05) is 0 Å². The Labute approximate surface area is 193 Å². The van der Waals surface area contributed by atoms with Crippen LogP contribution in [-0.4, -0.2) is 68.8 Å². The van der Waals surface area contributed by atoms with E-state index in [0.717, 1.165) is 5.57 Å². The summed E-state index contributed by atoms with van der Waals surface area (Å²) < 4.78 is 6.30. The van der Waals surface area contributed by atoms with Gasteiger partial charge in [-0.05, 0) is 30.3 Å². The molecule has 2 heterocycles. The molecule has 0 aromatic heterocycles. The number of anilines is 1. The van der Waals surface area contributed by atoms with Crippen molar-refractivity contribution in [3.63, 3.8) is 0 Å². The molecule has 3 atom stereocenters. The van der Waals surface area contributed by atoms with E-state index in [4.69, 9.17) is 9.84 Å². The first kappa shape index (κ1) is 24.3. The van der Waals surface area contributed by atoms with E-state index in [-0.39, 0.29) is 30.7 Å². The average Bonchev–Trinajstić information content (AvgIpc) is 3.13. The number of carboxylic acids is 3. The summed E-state index contributed by atoms with van der Waals surface area (Å²) in [7, 11) is 0. The van der Waals surface area contributed by atoms with E-state index in [1.54, 1.807) is 18.4 Å². The average molecular weight is 473 g/mol. The topological polar surface area (TPSA) is 188 Å². The Balaban J connectivity index is 1.90. The highest BCUT2D eigenvalue weighted by molar-refractivity contribution is 5.81. The van der Waals surface area contributed by atoms with E-state index < -0.39 is 36.2 Å². The number of aromatic hydroxyl groups is 1. The van der Waals surface area contributed by atoms with Crippen molar-refractivity contribution in [2.45, 2.75) is 44.0 Å². The lowest BCUT2D eigenvalue weighted by molar-refractivity contribution is -0.475. The Morgan fingerprint density at radius 3 is 2.71 bits per heavy atom. The number of allylic oxidation sites excluding steroid dienone is 2. The van der Waals surface area contributed by atoms with Crippen LogP contribution in [0.25, 0.3) is 0 Å². The fraction of sp³-hybridized carbons (Fsp3) is 0.318. The van der Waals surface area contributed by atoms with Crippen LogP contribution in [0.2, 0.25) is 0 Å². The number of ether oxygens (including phenoxy) is 1. The van der Waals surface area contributed by atoms with Crippen molar-refractivity contribution in [1.29, 1.82) is 0 Å². The molecule has 2 aliphatic heterocycles. The third kappa shape index (κ3) is 5.71. The molecule has 0 aliphatic carbocycles. The number of benzene rings is 1. The number of phenols is 1. The van der Waals surface area contributed by atoms with Gasteiger partial charge in [0, 0.05) is 30.9 Å². The van der Waals surface area contributed by atoms with Crippen molar-refractivity contribution in [2.75, 3.05) is 5.32 Å². The first-order valence-electron chi connectivity index (χ1n) is 10.3. The highest BCUT2D eigenvalue weighted by Gasteiger charge is 2.36. The van der Waals surface area contributed by atoms with Crippen LogP contribution in [0.3, 0.4) is 0 Å². The van der Waals surface area contributed by atoms with Crippen LogP contribution in [0.4, 0.5) is 11.4 Å². The van der Waals surface area contributed by atoms with E-state index in [2.05, 4.69) is 10.6 Å². The lowest BCUT2D eigenvalue weighted by atomic mass is 10.1. The van der Waals surface area contributed by atoms with Crippen LogP contribution < -0.4 is 15.7 Å². The SMILES string of the molecule is O=COC1C/C(=C\C=[N+]2c3cc(O)c(N[C@@H](CCC(=O)O)C(=O)O)cc3C[C@H]2C(=O)[O-])C=CN1. The number of fused-ring (bicyclic) bond motifs is 1. The first-order chi connectivity index (χ1) is 16.2. The number of nitrogens with zero attached hydrogens (tertiary/aromatic N) is 1. The number of rotatable bonds is 10. The summed E-state index contributed by atoms with van der Waals surface area (Å²) >= 11 is 0. The largest absolute Gasteiger partial charge is 0.543 e. The predicted molar refractivity (Wildman–Crippen MR) is 114 cm³/mol. The Morgan fingerprint density at radius 1 is 1.29 bits per heavy atom. The van der Waals surface area contributed by atoms with Gasteiger partial charge in [-0.15, -0.1) is 0 Å². The third-order valence-corrected chi connectivity index (χ3v) is 5.44. The summed E-state index contributed by atoms with van der Waals surface area (Å²) in [5.41, 5.74) is 1.71. The van der Waals surface area contributed by atoms with Crippen molar-refractivity contribution < 1.29 is 48.9 Å². The molecule has 3 rings (SSSR count). The van der Waals surface area contributed by atoms with Crippen LogP contribution >= 0.6 is 0 Å². The number of carbonyl (C=O) groups is 4. The standard InChI is InChI=1S/C22H23N3O9/c26-11-34-19-7-12(3-5-23-19)4-6-25-16-10-18(27)15(8-13(16)9-17(25)22(32)33)24-14(21(30)31)1-2-20(28)29/h3-6,8,10-11,14,17,19,24H,1-2,7,9H2,(H4,27,28,29,30,31,32,33)/t14-,17-,19?/m0/s1. The molecule has 2 aliphatic rings. The van der Waals surface area contributed by atoms with Crippen LogP contribution in [0.15, 0.2) is 36.1 Å². The molecule has 0 fully saturated rings. The van der Waals surface area contributed by atoms with Gasteiger partial charge in [-0.3, -0.25) is 9.59 Å². The zero-order chi connectivity index (χ0) is 24.8. The lowest BCUT2D eigenvalue weighted by Gasteiger charge is -2.19. The number of hydrogen-bond donors (Lipinski definition) is 5. The van der Waals surface area contributed by atoms with Gasteiger partial charge < -0.3 is 40.6 Å². The fourth-order valence-corrected chi connectivity index (χ4v) is 3.77.